The van der Waals surface area contributed by atoms with Crippen LogP contribution in [0.1, 0.15) is 29.0 Å². The molecule has 4 rings (SSSR count). The highest BCUT2D eigenvalue weighted by Crippen LogP contribution is 2.43. The molecule has 0 spiro atoms. The fourth-order valence-corrected chi connectivity index (χ4v) is 3.66. The van der Waals surface area contributed by atoms with Crippen molar-refractivity contribution in [2.24, 2.45) is 0 Å². The van der Waals surface area contributed by atoms with Crippen molar-refractivity contribution < 1.29 is 22.8 Å². The van der Waals surface area contributed by atoms with E-state index in [2.05, 4.69) is 15.3 Å². The number of halogens is 3. The molecule has 0 saturated heterocycles. The molecular formula is C20H17F3N4O2. The monoisotopic (exact) mass is 402 g/mol. The van der Waals surface area contributed by atoms with Crippen LogP contribution in [0.25, 0.3) is 0 Å². The van der Waals surface area contributed by atoms with Crippen LogP contribution in [0.5, 0.6) is 0 Å². The maximum absolute atomic E-state index is 14.8. The third-order valence-electron chi connectivity index (χ3n) is 5.02. The second-order valence-electron chi connectivity index (χ2n) is 7.13. The molecule has 6 nitrogen and oxygen atoms in total. The second-order valence-corrected chi connectivity index (χ2v) is 7.13. The normalized spacial score (nSPS) is 20.6. The minimum atomic E-state index is -3.25. The van der Waals surface area contributed by atoms with E-state index in [9.17, 15) is 22.8 Å². The number of hydrogen-bond acceptors (Lipinski definition) is 4. The van der Waals surface area contributed by atoms with Gasteiger partial charge in [0.05, 0.1) is 12.7 Å². The van der Waals surface area contributed by atoms with Gasteiger partial charge in [0.1, 0.15) is 17.3 Å². The third kappa shape index (κ3) is 3.59. The molecule has 2 aromatic heterocycles. The number of nitrogens with zero attached hydrogens (tertiary/aromatic N) is 3. The van der Waals surface area contributed by atoms with Crippen molar-refractivity contribution in [2.75, 3.05) is 11.4 Å². The van der Waals surface area contributed by atoms with E-state index in [-0.39, 0.29) is 35.6 Å². The van der Waals surface area contributed by atoms with Crippen LogP contribution in [0.15, 0.2) is 47.7 Å². The maximum Gasteiger partial charge on any atom is 0.273 e. The van der Waals surface area contributed by atoms with Gasteiger partial charge in [0.2, 0.25) is 0 Å². The second kappa shape index (κ2) is 6.98. The summed E-state index contributed by atoms with van der Waals surface area (Å²) in [5.74, 6) is -4.91. The summed E-state index contributed by atoms with van der Waals surface area (Å²) in [4.78, 5) is 34.1. The minimum absolute atomic E-state index is 0.0149. The summed E-state index contributed by atoms with van der Waals surface area (Å²) >= 11 is 0. The van der Waals surface area contributed by atoms with Crippen molar-refractivity contribution in [2.45, 2.75) is 31.7 Å². The molecule has 0 bridgehead atoms. The highest BCUT2D eigenvalue weighted by molar-refractivity contribution is 6.09. The predicted molar refractivity (Wildman–Crippen MR) is 98.0 cm³/mol. The van der Waals surface area contributed by atoms with Crippen molar-refractivity contribution >= 4 is 17.6 Å². The van der Waals surface area contributed by atoms with E-state index in [1.165, 1.54) is 12.1 Å². The molecule has 0 aromatic carbocycles. The van der Waals surface area contributed by atoms with E-state index in [0.29, 0.717) is 5.69 Å². The van der Waals surface area contributed by atoms with Crippen LogP contribution in [0.4, 0.5) is 19.0 Å². The van der Waals surface area contributed by atoms with E-state index in [0.717, 1.165) is 17.2 Å². The lowest BCUT2D eigenvalue weighted by molar-refractivity contribution is -0.115. The number of amides is 2. The summed E-state index contributed by atoms with van der Waals surface area (Å²) < 4.78 is 42.6. The molecule has 3 heterocycles. The molecule has 0 radical (unpaired) electrons. The van der Waals surface area contributed by atoms with Gasteiger partial charge >= 0.3 is 0 Å². The molecule has 0 fully saturated rings. The Morgan fingerprint density at radius 1 is 1.28 bits per heavy atom. The van der Waals surface area contributed by atoms with Gasteiger partial charge in [-0.25, -0.2) is 23.1 Å². The van der Waals surface area contributed by atoms with Gasteiger partial charge in [-0.05, 0) is 37.6 Å². The molecule has 0 unspecified atom stereocenters. The van der Waals surface area contributed by atoms with Gasteiger partial charge < -0.3 is 5.32 Å². The highest BCUT2D eigenvalue weighted by atomic mass is 19.3. The third-order valence-corrected chi connectivity index (χ3v) is 5.02. The van der Waals surface area contributed by atoms with Gasteiger partial charge in [0, 0.05) is 29.3 Å². The maximum atomic E-state index is 14.8. The Bertz CT molecular complexity index is 1020. The quantitative estimate of drug-likeness (QED) is 0.857. The molecule has 1 aliphatic carbocycles. The van der Waals surface area contributed by atoms with Crippen LogP contribution in [-0.2, 0) is 4.79 Å². The number of rotatable bonds is 3. The number of pyridine rings is 2. The molecule has 2 aliphatic rings. The van der Waals surface area contributed by atoms with Crippen LogP contribution in [0, 0.1) is 12.7 Å². The standard InChI is InChI=1S/C20H17F3N4O2/c1-11-3-2-4-16(25-11)18(28)26-13-7-14-15(20(22,23)8-13)10-27(19(14)29)17-6-5-12(21)9-24-17/h2-6,9,13H,7-8,10H2,1H3,(H,26,28)/t13-/m1/s1. The molecule has 1 N–H and O–H groups in total. The Balaban J connectivity index is 1.54. The molecule has 2 aromatic rings. The highest BCUT2D eigenvalue weighted by Gasteiger charge is 2.50. The molecular weight excluding hydrogens is 385 g/mol. The SMILES string of the molecule is Cc1cccc(C(=O)N[C@@H]2CC3=C(CN(c4ccc(F)cn4)C3=O)C(F)(F)C2)n1. The van der Waals surface area contributed by atoms with Crippen molar-refractivity contribution in [1.82, 2.24) is 15.3 Å². The van der Waals surface area contributed by atoms with Gasteiger partial charge in [-0.3, -0.25) is 14.5 Å². The van der Waals surface area contributed by atoms with Crippen LogP contribution in [0.2, 0.25) is 0 Å². The smallest absolute Gasteiger partial charge is 0.273 e. The molecule has 0 saturated carbocycles. The van der Waals surface area contributed by atoms with Gasteiger partial charge in [-0.2, -0.15) is 0 Å². The predicted octanol–water partition coefficient (Wildman–Crippen LogP) is 2.80. The average Bonchev–Trinajstić information content (AvgIpc) is 3.00. The summed E-state index contributed by atoms with van der Waals surface area (Å²) in [6.07, 6.45) is 0.302. The van der Waals surface area contributed by atoms with Crippen LogP contribution >= 0.6 is 0 Å². The first-order valence-corrected chi connectivity index (χ1v) is 9.03. The summed E-state index contributed by atoms with van der Waals surface area (Å²) in [7, 11) is 0. The first-order chi connectivity index (χ1) is 13.7. The lowest BCUT2D eigenvalue weighted by Crippen LogP contribution is -2.43. The van der Waals surface area contributed by atoms with E-state index >= 15 is 0 Å². The topological polar surface area (TPSA) is 75.2 Å². The van der Waals surface area contributed by atoms with Crippen molar-refractivity contribution in [3.8, 4) is 0 Å². The van der Waals surface area contributed by atoms with Gasteiger partial charge in [0.15, 0.2) is 0 Å². The van der Waals surface area contributed by atoms with Crippen LogP contribution in [-0.4, -0.2) is 40.3 Å². The molecule has 29 heavy (non-hydrogen) atoms. The number of aromatic nitrogens is 2. The summed E-state index contributed by atoms with van der Waals surface area (Å²) in [5, 5.41) is 2.56. The van der Waals surface area contributed by atoms with Crippen LogP contribution < -0.4 is 10.2 Å². The molecule has 1 aliphatic heterocycles. The molecule has 2 amide bonds. The number of carbonyl (C=O) groups excluding carboxylic acids is 2. The first kappa shape index (κ1) is 19.1. The number of aryl methyl sites for hydroxylation is 1. The van der Waals surface area contributed by atoms with Gasteiger partial charge in [-0.15, -0.1) is 0 Å². The van der Waals surface area contributed by atoms with E-state index in [4.69, 9.17) is 0 Å². The zero-order chi connectivity index (χ0) is 20.8. The van der Waals surface area contributed by atoms with Gasteiger partial charge in [0.25, 0.3) is 17.7 Å². The fourth-order valence-electron chi connectivity index (χ4n) is 3.66. The van der Waals surface area contributed by atoms with Crippen molar-refractivity contribution in [3.05, 3.63) is 64.9 Å². The lowest BCUT2D eigenvalue weighted by atomic mass is 9.86. The Morgan fingerprint density at radius 3 is 2.76 bits per heavy atom. The van der Waals surface area contributed by atoms with Gasteiger partial charge in [-0.1, -0.05) is 6.07 Å². The Morgan fingerprint density at radius 2 is 2.07 bits per heavy atom. The number of hydrogen-bond donors (Lipinski definition) is 1. The van der Waals surface area contributed by atoms with E-state index in [1.54, 1.807) is 19.1 Å². The zero-order valence-corrected chi connectivity index (χ0v) is 15.5. The molecule has 1 atom stereocenters. The zero-order valence-electron chi connectivity index (χ0n) is 15.5. The first-order valence-electron chi connectivity index (χ1n) is 9.03. The summed E-state index contributed by atoms with van der Waals surface area (Å²) in [5.41, 5.74) is 0.454. The Kier molecular flexibility index (Phi) is 4.60. The number of nitrogens with one attached hydrogen (secondary N) is 1. The fraction of sp³-hybridized carbons (Fsp3) is 0.300. The minimum Gasteiger partial charge on any atom is -0.347 e. The molecule has 9 heteroatoms. The number of alkyl halides is 2. The largest absolute Gasteiger partial charge is 0.347 e. The van der Waals surface area contributed by atoms with Crippen LogP contribution in [0.3, 0.4) is 0 Å². The van der Waals surface area contributed by atoms with E-state index in [1.807, 2.05) is 0 Å². The van der Waals surface area contributed by atoms with Crippen molar-refractivity contribution in [3.63, 3.8) is 0 Å². The average molecular weight is 402 g/mol. The Hall–Kier alpha value is -3.23. The summed E-state index contributed by atoms with van der Waals surface area (Å²) in [6, 6.07) is 6.34. The van der Waals surface area contributed by atoms with E-state index < -0.39 is 36.0 Å². The van der Waals surface area contributed by atoms with Crippen molar-refractivity contribution in [1.29, 1.82) is 0 Å². The Labute approximate surface area is 164 Å². The summed E-state index contributed by atoms with van der Waals surface area (Å²) in [6.45, 7) is 1.41. The number of carbonyl (C=O) groups is 2. The lowest BCUT2D eigenvalue weighted by Gasteiger charge is -2.30. The number of anilines is 1. The molecule has 150 valence electrons.